The Balaban J connectivity index is 2.53. The highest BCUT2D eigenvalue weighted by molar-refractivity contribution is 6.30. The third-order valence-electron chi connectivity index (χ3n) is 3.01. The predicted octanol–water partition coefficient (Wildman–Crippen LogP) is 2.73. The summed E-state index contributed by atoms with van der Waals surface area (Å²) >= 11 is 5.98. The Labute approximate surface area is 114 Å². The summed E-state index contributed by atoms with van der Waals surface area (Å²) in [6.45, 7) is 5.60. The second kappa shape index (κ2) is 7.74. The number of aliphatic hydroxyl groups is 1. The maximum Gasteiger partial charge on any atom is 0.0900 e. The molecular weight excluding hydrogens is 250 g/mol. The molecule has 0 heterocycles. The average Bonchev–Trinajstić information content (AvgIpc) is 2.35. The van der Waals surface area contributed by atoms with Gasteiger partial charge in [0, 0.05) is 24.2 Å². The van der Waals surface area contributed by atoms with Crippen LogP contribution in [0.4, 0.5) is 0 Å². The Kier molecular flexibility index (Phi) is 6.65. The number of ether oxygens (including phenoxy) is 1. The van der Waals surface area contributed by atoms with Gasteiger partial charge in [-0.3, -0.25) is 4.90 Å². The number of rotatable bonds is 7. The van der Waals surface area contributed by atoms with Gasteiger partial charge in [-0.25, -0.2) is 0 Å². The summed E-state index contributed by atoms with van der Waals surface area (Å²) in [5.74, 6) is 0. The summed E-state index contributed by atoms with van der Waals surface area (Å²) in [6.07, 6.45) is -0.461. The summed E-state index contributed by atoms with van der Waals surface area (Å²) in [6, 6.07) is 8.01. The standard InChI is InChI=1S/C14H22ClNO2/c1-4-18-10-14(17)9-16(3)11(2)12-6-5-7-13(15)8-12/h5-8,11,14,17H,4,9-10H2,1-3H3. The fourth-order valence-electron chi connectivity index (χ4n) is 1.82. The van der Waals surface area contributed by atoms with Crippen molar-refractivity contribution < 1.29 is 9.84 Å². The maximum atomic E-state index is 9.81. The zero-order valence-corrected chi connectivity index (χ0v) is 12.0. The molecule has 0 aliphatic carbocycles. The van der Waals surface area contributed by atoms with E-state index < -0.39 is 6.10 Å². The van der Waals surface area contributed by atoms with Crippen molar-refractivity contribution in [2.24, 2.45) is 0 Å². The molecule has 2 atom stereocenters. The molecule has 4 heteroatoms. The van der Waals surface area contributed by atoms with Crippen molar-refractivity contribution in [2.75, 3.05) is 26.8 Å². The molecule has 0 radical (unpaired) electrons. The second-order valence-electron chi connectivity index (χ2n) is 4.48. The monoisotopic (exact) mass is 271 g/mol. The lowest BCUT2D eigenvalue weighted by Gasteiger charge is -2.27. The van der Waals surface area contributed by atoms with Crippen LogP contribution in [0.5, 0.6) is 0 Å². The van der Waals surface area contributed by atoms with Crippen LogP contribution in [-0.2, 0) is 4.74 Å². The fourth-order valence-corrected chi connectivity index (χ4v) is 2.02. The predicted molar refractivity (Wildman–Crippen MR) is 75.0 cm³/mol. The number of aliphatic hydroxyl groups excluding tert-OH is 1. The van der Waals surface area contributed by atoms with Gasteiger partial charge in [0.15, 0.2) is 0 Å². The molecule has 0 spiro atoms. The van der Waals surface area contributed by atoms with Gasteiger partial charge in [0.25, 0.3) is 0 Å². The van der Waals surface area contributed by atoms with E-state index in [1.54, 1.807) is 0 Å². The van der Waals surface area contributed by atoms with Gasteiger partial charge in [0.2, 0.25) is 0 Å². The van der Waals surface area contributed by atoms with Crippen molar-refractivity contribution in [3.8, 4) is 0 Å². The number of benzene rings is 1. The molecule has 2 unspecified atom stereocenters. The largest absolute Gasteiger partial charge is 0.389 e. The van der Waals surface area contributed by atoms with Crippen LogP contribution in [0.2, 0.25) is 5.02 Å². The van der Waals surface area contributed by atoms with Crippen LogP contribution in [0.3, 0.4) is 0 Å². The van der Waals surface area contributed by atoms with Gasteiger partial charge in [-0.15, -0.1) is 0 Å². The van der Waals surface area contributed by atoms with E-state index >= 15 is 0 Å². The molecule has 3 nitrogen and oxygen atoms in total. The summed E-state index contributed by atoms with van der Waals surface area (Å²) < 4.78 is 5.20. The van der Waals surface area contributed by atoms with Gasteiger partial charge in [0.1, 0.15) is 0 Å². The molecule has 1 aromatic carbocycles. The molecule has 1 aromatic rings. The van der Waals surface area contributed by atoms with Crippen molar-refractivity contribution in [3.63, 3.8) is 0 Å². The number of hydrogen-bond donors (Lipinski definition) is 1. The smallest absolute Gasteiger partial charge is 0.0900 e. The molecule has 0 aliphatic rings. The van der Waals surface area contributed by atoms with Gasteiger partial charge in [0.05, 0.1) is 12.7 Å². The first-order valence-corrected chi connectivity index (χ1v) is 6.64. The molecule has 0 aliphatic heterocycles. The van der Waals surface area contributed by atoms with Crippen LogP contribution in [0.1, 0.15) is 25.5 Å². The third-order valence-corrected chi connectivity index (χ3v) is 3.24. The van der Waals surface area contributed by atoms with Gasteiger partial charge >= 0.3 is 0 Å². The highest BCUT2D eigenvalue weighted by atomic mass is 35.5. The molecule has 0 aromatic heterocycles. The zero-order chi connectivity index (χ0) is 13.5. The SMILES string of the molecule is CCOCC(O)CN(C)C(C)c1cccc(Cl)c1. The minimum atomic E-state index is -0.461. The Morgan fingerprint density at radius 2 is 2.17 bits per heavy atom. The molecule has 0 fully saturated rings. The van der Waals surface area contributed by atoms with Crippen LogP contribution in [0.25, 0.3) is 0 Å². The number of likely N-dealkylation sites (N-methyl/N-ethyl adjacent to an activating group) is 1. The molecule has 102 valence electrons. The van der Waals surface area contributed by atoms with Crippen molar-refractivity contribution in [3.05, 3.63) is 34.9 Å². The lowest BCUT2D eigenvalue weighted by Crippen LogP contribution is -2.34. The first-order valence-electron chi connectivity index (χ1n) is 6.26. The molecule has 0 saturated carbocycles. The van der Waals surface area contributed by atoms with Crippen molar-refractivity contribution in [1.82, 2.24) is 4.90 Å². The average molecular weight is 272 g/mol. The lowest BCUT2D eigenvalue weighted by molar-refractivity contribution is 0.0195. The van der Waals surface area contributed by atoms with E-state index in [0.29, 0.717) is 19.8 Å². The fraction of sp³-hybridized carbons (Fsp3) is 0.571. The first-order chi connectivity index (χ1) is 8.54. The van der Waals surface area contributed by atoms with Gasteiger partial charge < -0.3 is 9.84 Å². The Bertz CT molecular complexity index is 359. The topological polar surface area (TPSA) is 32.7 Å². The van der Waals surface area contributed by atoms with Crippen LogP contribution >= 0.6 is 11.6 Å². The molecular formula is C14H22ClNO2. The Morgan fingerprint density at radius 1 is 1.44 bits per heavy atom. The van der Waals surface area contributed by atoms with Crippen molar-refractivity contribution in [2.45, 2.75) is 26.0 Å². The highest BCUT2D eigenvalue weighted by Crippen LogP contribution is 2.21. The molecule has 0 bridgehead atoms. The molecule has 1 N–H and O–H groups in total. The number of hydrogen-bond acceptors (Lipinski definition) is 3. The number of nitrogens with zero attached hydrogens (tertiary/aromatic N) is 1. The third kappa shape index (κ3) is 4.94. The van der Waals surface area contributed by atoms with Crippen LogP contribution in [0, 0.1) is 0 Å². The van der Waals surface area contributed by atoms with Crippen molar-refractivity contribution in [1.29, 1.82) is 0 Å². The molecule has 1 rings (SSSR count). The van der Waals surface area contributed by atoms with E-state index in [9.17, 15) is 5.11 Å². The minimum Gasteiger partial charge on any atom is -0.389 e. The van der Waals surface area contributed by atoms with E-state index in [-0.39, 0.29) is 6.04 Å². The first kappa shape index (κ1) is 15.4. The van der Waals surface area contributed by atoms with Gasteiger partial charge in [-0.05, 0) is 38.6 Å². The van der Waals surface area contributed by atoms with Crippen LogP contribution in [-0.4, -0.2) is 42.9 Å². The van der Waals surface area contributed by atoms with Gasteiger partial charge in [-0.2, -0.15) is 0 Å². The normalized spacial score (nSPS) is 14.8. The summed E-state index contributed by atoms with van der Waals surface area (Å²) in [7, 11) is 1.99. The Hall–Kier alpha value is -0.610. The van der Waals surface area contributed by atoms with Crippen LogP contribution in [0.15, 0.2) is 24.3 Å². The molecule has 0 amide bonds. The van der Waals surface area contributed by atoms with E-state index in [0.717, 1.165) is 10.6 Å². The van der Waals surface area contributed by atoms with Crippen molar-refractivity contribution >= 4 is 11.6 Å². The second-order valence-corrected chi connectivity index (χ2v) is 4.92. The van der Waals surface area contributed by atoms with Crippen LogP contribution < -0.4 is 0 Å². The Morgan fingerprint density at radius 3 is 2.78 bits per heavy atom. The highest BCUT2D eigenvalue weighted by Gasteiger charge is 2.15. The van der Waals surface area contributed by atoms with Gasteiger partial charge in [-0.1, -0.05) is 23.7 Å². The lowest BCUT2D eigenvalue weighted by atomic mass is 10.1. The quantitative estimate of drug-likeness (QED) is 0.828. The van der Waals surface area contributed by atoms with E-state index in [4.69, 9.17) is 16.3 Å². The number of halogens is 1. The molecule has 18 heavy (non-hydrogen) atoms. The zero-order valence-electron chi connectivity index (χ0n) is 11.3. The summed E-state index contributed by atoms with van der Waals surface area (Å²) in [5.41, 5.74) is 1.15. The summed E-state index contributed by atoms with van der Waals surface area (Å²) in [4.78, 5) is 2.09. The molecule has 0 saturated heterocycles. The summed E-state index contributed by atoms with van der Waals surface area (Å²) in [5, 5.41) is 10.5. The van der Waals surface area contributed by atoms with E-state index in [2.05, 4.69) is 11.8 Å². The van der Waals surface area contributed by atoms with E-state index in [1.165, 1.54) is 0 Å². The minimum absolute atomic E-state index is 0.208. The van der Waals surface area contributed by atoms with E-state index in [1.807, 2.05) is 38.2 Å². The maximum absolute atomic E-state index is 9.81.